The van der Waals surface area contributed by atoms with Crippen molar-refractivity contribution in [3.05, 3.63) is 0 Å². The van der Waals surface area contributed by atoms with Crippen molar-refractivity contribution in [1.82, 2.24) is 5.32 Å². The van der Waals surface area contributed by atoms with Crippen molar-refractivity contribution in [2.75, 3.05) is 53.2 Å². The van der Waals surface area contributed by atoms with Gasteiger partial charge in [-0.05, 0) is 6.42 Å². The third kappa shape index (κ3) is 5.54. The highest BCUT2D eigenvalue weighted by Crippen LogP contribution is 2.11. The molecule has 4 heteroatoms. The van der Waals surface area contributed by atoms with Crippen molar-refractivity contribution in [2.24, 2.45) is 5.92 Å². The Morgan fingerprint density at radius 2 is 2.21 bits per heavy atom. The lowest BCUT2D eigenvalue weighted by Crippen LogP contribution is -2.24. The summed E-state index contributed by atoms with van der Waals surface area (Å²) in [6.07, 6.45) is 1.15. The van der Waals surface area contributed by atoms with Crippen molar-refractivity contribution in [1.29, 1.82) is 0 Å². The normalized spacial score (nSPS) is 21.6. The molecule has 0 aromatic rings. The maximum atomic E-state index is 5.51. The highest BCUT2D eigenvalue weighted by molar-refractivity contribution is 4.62. The topological polar surface area (TPSA) is 39.7 Å². The average Bonchev–Trinajstić information content (AvgIpc) is 2.69. The summed E-state index contributed by atoms with van der Waals surface area (Å²) in [6.45, 7) is 5.95. The first-order chi connectivity index (χ1) is 6.93. The van der Waals surface area contributed by atoms with Crippen LogP contribution in [0.4, 0.5) is 0 Å². The molecule has 1 rings (SSSR count). The van der Waals surface area contributed by atoms with Crippen LogP contribution < -0.4 is 5.32 Å². The van der Waals surface area contributed by atoms with Gasteiger partial charge in [0, 0.05) is 32.7 Å². The molecule has 0 radical (unpaired) electrons. The molecule has 0 amide bonds. The summed E-state index contributed by atoms with van der Waals surface area (Å²) in [4.78, 5) is 0. The standard InChI is InChI=1S/C10H21NO3/c1-12-6-3-11-4-7-14-9-10-2-5-13-8-10/h10-11H,2-9H2,1H3. The average molecular weight is 203 g/mol. The van der Waals surface area contributed by atoms with Gasteiger partial charge in [0.1, 0.15) is 0 Å². The van der Waals surface area contributed by atoms with Gasteiger partial charge in [-0.3, -0.25) is 0 Å². The van der Waals surface area contributed by atoms with Crippen molar-refractivity contribution in [3.63, 3.8) is 0 Å². The molecule has 1 atom stereocenters. The van der Waals surface area contributed by atoms with Crippen LogP contribution in [0.2, 0.25) is 0 Å². The number of nitrogens with one attached hydrogen (secondary N) is 1. The quantitative estimate of drug-likeness (QED) is 0.575. The molecule has 0 aromatic carbocycles. The van der Waals surface area contributed by atoms with Gasteiger partial charge in [-0.1, -0.05) is 0 Å². The van der Waals surface area contributed by atoms with Gasteiger partial charge in [0.25, 0.3) is 0 Å². The van der Waals surface area contributed by atoms with E-state index in [1.54, 1.807) is 7.11 Å². The summed E-state index contributed by atoms with van der Waals surface area (Å²) in [5, 5.41) is 3.23. The Morgan fingerprint density at radius 3 is 2.93 bits per heavy atom. The number of hydrogen-bond acceptors (Lipinski definition) is 4. The van der Waals surface area contributed by atoms with Gasteiger partial charge < -0.3 is 19.5 Å². The van der Waals surface area contributed by atoms with E-state index in [-0.39, 0.29) is 0 Å². The summed E-state index contributed by atoms with van der Waals surface area (Å²) < 4.78 is 15.7. The first-order valence-corrected chi connectivity index (χ1v) is 5.28. The molecule has 0 aliphatic carbocycles. The molecule has 14 heavy (non-hydrogen) atoms. The second-order valence-corrected chi connectivity index (χ2v) is 3.55. The minimum Gasteiger partial charge on any atom is -0.383 e. The molecule has 1 N–H and O–H groups in total. The fraction of sp³-hybridized carbons (Fsp3) is 1.00. The highest BCUT2D eigenvalue weighted by Gasteiger charge is 2.14. The third-order valence-corrected chi connectivity index (χ3v) is 2.28. The molecule has 0 bridgehead atoms. The van der Waals surface area contributed by atoms with Gasteiger partial charge in [-0.15, -0.1) is 0 Å². The molecular formula is C10H21NO3. The summed E-state index contributed by atoms with van der Waals surface area (Å²) in [6, 6.07) is 0. The van der Waals surface area contributed by atoms with Gasteiger partial charge in [-0.25, -0.2) is 0 Å². The van der Waals surface area contributed by atoms with Gasteiger partial charge in [-0.2, -0.15) is 0 Å². The Kier molecular flexibility index (Phi) is 6.95. The van der Waals surface area contributed by atoms with E-state index in [1.165, 1.54) is 0 Å². The molecule has 1 aliphatic rings. The molecule has 0 saturated carbocycles. The minimum atomic E-state index is 0.619. The predicted octanol–water partition coefficient (Wildman–Crippen LogP) is 0.275. The largest absolute Gasteiger partial charge is 0.383 e. The van der Waals surface area contributed by atoms with E-state index in [1.807, 2.05) is 0 Å². The molecule has 84 valence electrons. The fourth-order valence-electron chi connectivity index (χ4n) is 1.41. The van der Waals surface area contributed by atoms with Gasteiger partial charge in [0.15, 0.2) is 0 Å². The SMILES string of the molecule is COCCNCCOCC1CCOC1. The van der Waals surface area contributed by atoms with Crippen LogP contribution >= 0.6 is 0 Å². The van der Waals surface area contributed by atoms with Crippen LogP contribution in [0, 0.1) is 5.92 Å². The smallest absolute Gasteiger partial charge is 0.0591 e. The Morgan fingerprint density at radius 1 is 1.36 bits per heavy atom. The first kappa shape index (κ1) is 11.9. The summed E-state index contributed by atoms with van der Waals surface area (Å²) >= 11 is 0. The zero-order chi connectivity index (χ0) is 10.1. The monoisotopic (exact) mass is 203 g/mol. The Hall–Kier alpha value is -0.160. The molecule has 1 saturated heterocycles. The molecule has 1 unspecified atom stereocenters. The van der Waals surface area contributed by atoms with Crippen LogP contribution in [0.15, 0.2) is 0 Å². The molecule has 0 aromatic heterocycles. The van der Waals surface area contributed by atoms with Crippen molar-refractivity contribution in [3.8, 4) is 0 Å². The number of ether oxygens (including phenoxy) is 3. The van der Waals surface area contributed by atoms with Crippen LogP contribution in [0.1, 0.15) is 6.42 Å². The van der Waals surface area contributed by atoms with E-state index in [0.29, 0.717) is 5.92 Å². The molecule has 1 aliphatic heterocycles. The maximum Gasteiger partial charge on any atom is 0.0591 e. The lowest BCUT2D eigenvalue weighted by atomic mass is 10.1. The summed E-state index contributed by atoms with van der Waals surface area (Å²) in [5.74, 6) is 0.619. The van der Waals surface area contributed by atoms with Crippen LogP contribution in [0.5, 0.6) is 0 Å². The minimum absolute atomic E-state index is 0.619. The second kappa shape index (κ2) is 8.17. The van der Waals surface area contributed by atoms with Gasteiger partial charge >= 0.3 is 0 Å². The van der Waals surface area contributed by atoms with E-state index < -0.39 is 0 Å². The molecular weight excluding hydrogens is 182 g/mol. The Bertz CT molecular complexity index is 127. The number of hydrogen-bond donors (Lipinski definition) is 1. The zero-order valence-electron chi connectivity index (χ0n) is 8.96. The maximum absolute atomic E-state index is 5.51. The Balaban J connectivity index is 1.75. The van der Waals surface area contributed by atoms with Gasteiger partial charge in [0.05, 0.1) is 26.4 Å². The van der Waals surface area contributed by atoms with Crippen LogP contribution in [-0.2, 0) is 14.2 Å². The van der Waals surface area contributed by atoms with Crippen LogP contribution in [-0.4, -0.2) is 53.2 Å². The molecule has 0 spiro atoms. The van der Waals surface area contributed by atoms with Crippen molar-refractivity contribution < 1.29 is 14.2 Å². The third-order valence-electron chi connectivity index (χ3n) is 2.28. The molecule has 1 heterocycles. The lowest BCUT2D eigenvalue weighted by molar-refractivity contribution is 0.0902. The second-order valence-electron chi connectivity index (χ2n) is 3.55. The zero-order valence-corrected chi connectivity index (χ0v) is 8.96. The Labute approximate surface area is 85.9 Å². The predicted molar refractivity (Wildman–Crippen MR) is 54.5 cm³/mol. The summed E-state index contributed by atoms with van der Waals surface area (Å²) in [7, 11) is 1.71. The molecule has 4 nitrogen and oxygen atoms in total. The first-order valence-electron chi connectivity index (χ1n) is 5.28. The number of rotatable bonds is 8. The van der Waals surface area contributed by atoms with E-state index in [2.05, 4.69) is 5.32 Å². The van der Waals surface area contributed by atoms with Crippen molar-refractivity contribution in [2.45, 2.75) is 6.42 Å². The van der Waals surface area contributed by atoms with Crippen LogP contribution in [0.25, 0.3) is 0 Å². The lowest BCUT2D eigenvalue weighted by Gasteiger charge is -2.09. The van der Waals surface area contributed by atoms with E-state index in [4.69, 9.17) is 14.2 Å². The number of methoxy groups -OCH3 is 1. The molecule has 1 fully saturated rings. The van der Waals surface area contributed by atoms with Crippen LogP contribution in [0.3, 0.4) is 0 Å². The van der Waals surface area contributed by atoms with Crippen molar-refractivity contribution >= 4 is 0 Å². The summed E-state index contributed by atoms with van der Waals surface area (Å²) in [5.41, 5.74) is 0. The van der Waals surface area contributed by atoms with E-state index >= 15 is 0 Å². The van der Waals surface area contributed by atoms with E-state index in [0.717, 1.165) is 52.5 Å². The van der Waals surface area contributed by atoms with Gasteiger partial charge in [0.2, 0.25) is 0 Å². The highest BCUT2D eigenvalue weighted by atomic mass is 16.5. The fourth-order valence-corrected chi connectivity index (χ4v) is 1.41. The van der Waals surface area contributed by atoms with E-state index in [9.17, 15) is 0 Å².